The minimum Gasteiger partial charge on any atom is -0.323 e. The van der Waals surface area contributed by atoms with Crippen molar-refractivity contribution in [3.05, 3.63) is 11.6 Å². The van der Waals surface area contributed by atoms with Crippen LogP contribution in [0.5, 0.6) is 0 Å². The summed E-state index contributed by atoms with van der Waals surface area (Å²) < 4.78 is 24.3. The Morgan fingerprint density at radius 3 is 2.79 bits per heavy atom. The number of carbonyl (C=O) groups is 1. The molecule has 2 rings (SSSR count). The van der Waals surface area contributed by atoms with Gasteiger partial charge in [-0.15, -0.1) is 11.3 Å². The number of nitrogens with one attached hydrogen (secondary N) is 1. The fraction of sp³-hybridized carbons (Fsp3) is 0.600. The van der Waals surface area contributed by atoms with Crippen molar-refractivity contribution in [1.29, 1.82) is 0 Å². The van der Waals surface area contributed by atoms with Crippen molar-refractivity contribution in [2.24, 2.45) is 0 Å². The van der Waals surface area contributed by atoms with E-state index in [4.69, 9.17) is 0 Å². The van der Waals surface area contributed by atoms with Crippen LogP contribution >= 0.6 is 11.3 Å². The molecule has 1 aliphatic heterocycles. The molecule has 1 fully saturated rings. The zero-order chi connectivity index (χ0) is 13.9. The standard InChI is InChI=1S/C10H16N4O3S2/c1-19(16,17)14-5-2-4-13(6-7-14)10(15)12-9-11-3-8-18-9/h3,8H,2,4-7H2,1H3,(H,11,12,15). The number of rotatable bonds is 2. The summed E-state index contributed by atoms with van der Waals surface area (Å²) in [5, 5.41) is 5.03. The molecule has 1 N–H and O–H groups in total. The van der Waals surface area contributed by atoms with Crippen LogP contribution in [-0.4, -0.2) is 61.1 Å². The Morgan fingerprint density at radius 1 is 1.37 bits per heavy atom. The fourth-order valence-electron chi connectivity index (χ4n) is 1.88. The molecule has 0 radical (unpaired) electrons. The first-order chi connectivity index (χ1) is 8.97. The molecule has 0 aromatic carbocycles. The number of amides is 2. The first-order valence-electron chi connectivity index (χ1n) is 5.87. The highest BCUT2D eigenvalue weighted by Gasteiger charge is 2.23. The molecule has 0 unspecified atom stereocenters. The monoisotopic (exact) mass is 304 g/mol. The lowest BCUT2D eigenvalue weighted by Gasteiger charge is -2.20. The van der Waals surface area contributed by atoms with E-state index in [2.05, 4.69) is 10.3 Å². The van der Waals surface area contributed by atoms with Gasteiger partial charge in [0.15, 0.2) is 5.13 Å². The van der Waals surface area contributed by atoms with Gasteiger partial charge in [-0.05, 0) is 6.42 Å². The molecule has 1 saturated heterocycles. The normalized spacial score (nSPS) is 18.1. The highest BCUT2D eigenvalue weighted by atomic mass is 32.2. The van der Waals surface area contributed by atoms with Gasteiger partial charge in [0.2, 0.25) is 10.0 Å². The highest BCUT2D eigenvalue weighted by molar-refractivity contribution is 7.88. The van der Waals surface area contributed by atoms with Crippen LogP contribution in [0.1, 0.15) is 6.42 Å². The average Bonchev–Trinajstić information content (AvgIpc) is 2.69. The number of aromatic nitrogens is 1. The molecule has 1 aromatic heterocycles. The number of anilines is 1. The molecule has 9 heteroatoms. The number of thiazole rings is 1. The summed E-state index contributed by atoms with van der Waals surface area (Å²) in [6, 6.07) is -0.231. The van der Waals surface area contributed by atoms with Crippen molar-refractivity contribution in [1.82, 2.24) is 14.2 Å². The van der Waals surface area contributed by atoms with Gasteiger partial charge in [-0.1, -0.05) is 0 Å². The van der Waals surface area contributed by atoms with Crippen LogP contribution in [0.15, 0.2) is 11.6 Å². The van der Waals surface area contributed by atoms with Gasteiger partial charge in [0.25, 0.3) is 0 Å². The topological polar surface area (TPSA) is 82.6 Å². The Balaban J connectivity index is 1.94. The number of carbonyl (C=O) groups excluding carboxylic acids is 1. The van der Waals surface area contributed by atoms with E-state index in [1.807, 2.05) is 0 Å². The van der Waals surface area contributed by atoms with Crippen molar-refractivity contribution < 1.29 is 13.2 Å². The average molecular weight is 304 g/mol. The van der Waals surface area contributed by atoms with Crippen molar-refractivity contribution in [2.75, 3.05) is 37.8 Å². The van der Waals surface area contributed by atoms with Gasteiger partial charge in [-0.2, -0.15) is 0 Å². The summed E-state index contributed by atoms with van der Waals surface area (Å²) in [7, 11) is -3.18. The lowest BCUT2D eigenvalue weighted by molar-refractivity contribution is 0.214. The summed E-state index contributed by atoms with van der Waals surface area (Å²) in [5.41, 5.74) is 0. The second kappa shape index (κ2) is 5.85. The molecule has 7 nitrogen and oxygen atoms in total. The predicted molar refractivity (Wildman–Crippen MR) is 73.7 cm³/mol. The number of nitrogens with zero attached hydrogens (tertiary/aromatic N) is 3. The summed E-state index contributed by atoms with van der Waals surface area (Å²) in [5.74, 6) is 0. The van der Waals surface area contributed by atoms with Crippen LogP contribution < -0.4 is 5.32 Å². The zero-order valence-electron chi connectivity index (χ0n) is 10.6. The Morgan fingerprint density at radius 2 is 2.16 bits per heavy atom. The van der Waals surface area contributed by atoms with E-state index in [0.29, 0.717) is 37.7 Å². The summed E-state index contributed by atoms with van der Waals surface area (Å²) in [6.45, 7) is 1.73. The number of hydrogen-bond donors (Lipinski definition) is 1. The number of hydrogen-bond acceptors (Lipinski definition) is 5. The molecule has 19 heavy (non-hydrogen) atoms. The third-order valence-corrected chi connectivity index (χ3v) is 4.85. The van der Waals surface area contributed by atoms with E-state index in [-0.39, 0.29) is 6.03 Å². The third-order valence-electron chi connectivity index (χ3n) is 2.86. The van der Waals surface area contributed by atoms with E-state index in [1.165, 1.54) is 21.9 Å². The predicted octanol–water partition coefficient (Wildman–Crippen LogP) is 0.642. The summed E-state index contributed by atoms with van der Waals surface area (Å²) in [6.07, 6.45) is 3.45. The molecule has 0 saturated carbocycles. The number of urea groups is 1. The fourth-order valence-corrected chi connectivity index (χ4v) is 3.28. The molecule has 2 amide bonds. The molecule has 1 aliphatic rings. The van der Waals surface area contributed by atoms with Crippen molar-refractivity contribution in [3.8, 4) is 0 Å². The van der Waals surface area contributed by atoms with Crippen molar-refractivity contribution in [3.63, 3.8) is 0 Å². The molecular weight excluding hydrogens is 288 g/mol. The Hall–Kier alpha value is -1.19. The van der Waals surface area contributed by atoms with E-state index in [9.17, 15) is 13.2 Å². The maximum absolute atomic E-state index is 12.0. The quantitative estimate of drug-likeness (QED) is 0.869. The Kier molecular flexibility index (Phi) is 4.38. The van der Waals surface area contributed by atoms with Crippen LogP contribution in [0.2, 0.25) is 0 Å². The molecule has 0 atom stereocenters. The van der Waals surface area contributed by atoms with Crippen molar-refractivity contribution >= 4 is 32.5 Å². The first-order valence-corrected chi connectivity index (χ1v) is 8.60. The second-order valence-corrected chi connectivity index (χ2v) is 7.15. The summed E-state index contributed by atoms with van der Waals surface area (Å²) in [4.78, 5) is 17.6. The molecule has 0 spiro atoms. The van der Waals surface area contributed by atoms with Gasteiger partial charge in [0, 0.05) is 37.8 Å². The van der Waals surface area contributed by atoms with Crippen molar-refractivity contribution in [2.45, 2.75) is 6.42 Å². The molecule has 0 aliphatic carbocycles. The molecular formula is C10H16N4O3S2. The largest absolute Gasteiger partial charge is 0.323 e. The zero-order valence-corrected chi connectivity index (χ0v) is 12.2. The van der Waals surface area contributed by atoms with E-state index < -0.39 is 10.0 Å². The molecule has 1 aromatic rings. The maximum Gasteiger partial charge on any atom is 0.323 e. The van der Waals surface area contributed by atoms with Crippen LogP contribution in [0.25, 0.3) is 0 Å². The van der Waals surface area contributed by atoms with Crippen LogP contribution in [-0.2, 0) is 10.0 Å². The van der Waals surface area contributed by atoms with Gasteiger partial charge < -0.3 is 4.90 Å². The summed E-state index contributed by atoms with van der Waals surface area (Å²) >= 11 is 1.35. The lowest BCUT2D eigenvalue weighted by Crippen LogP contribution is -2.39. The third kappa shape index (κ3) is 3.88. The first kappa shape index (κ1) is 14.2. The number of sulfonamides is 1. The minimum absolute atomic E-state index is 0.231. The smallest absolute Gasteiger partial charge is 0.323 e. The Labute approximate surface area is 116 Å². The Bertz CT molecular complexity index is 529. The molecule has 2 heterocycles. The van der Waals surface area contributed by atoms with E-state index in [1.54, 1.807) is 16.5 Å². The van der Waals surface area contributed by atoms with Gasteiger partial charge in [0.1, 0.15) is 0 Å². The van der Waals surface area contributed by atoms with Crippen LogP contribution in [0, 0.1) is 0 Å². The van der Waals surface area contributed by atoms with Gasteiger partial charge in [0.05, 0.1) is 6.26 Å². The SMILES string of the molecule is CS(=O)(=O)N1CCCN(C(=O)Nc2nccs2)CC1. The molecule has 106 valence electrons. The van der Waals surface area contributed by atoms with Gasteiger partial charge in [-0.25, -0.2) is 22.5 Å². The van der Waals surface area contributed by atoms with Crippen LogP contribution in [0.4, 0.5) is 9.93 Å². The van der Waals surface area contributed by atoms with Gasteiger partial charge >= 0.3 is 6.03 Å². The van der Waals surface area contributed by atoms with E-state index in [0.717, 1.165) is 0 Å². The lowest BCUT2D eigenvalue weighted by atomic mass is 10.4. The second-order valence-electron chi connectivity index (χ2n) is 4.27. The molecule has 0 bridgehead atoms. The van der Waals surface area contributed by atoms with E-state index >= 15 is 0 Å². The maximum atomic E-state index is 12.0. The minimum atomic E-state index is -3.18. The van der Waals surface area contributed by atoms with Crippen LogP contribution in [0.3, 0.4) is 0 Å². The highest BCUT2D eigenvalue weighted by Crippen LogP contribution is 2.13. The van der Waals surface area contributed by atoms with Gasteiger partial charge in [-0.3, -0.25) is 5.32 Å².